The van der Waals surface area contributed by atoms with E-state index in [1.54, 1.807) is 0 Å². The molecule has 4 nitrogen and oxygen atoms in total. The molecule has 0 aromatic rings. The van der Waals surface area contributed by atoms with Gasteiger partial charge in [0.05, 0.1) is 0 Å². The van der Waals surface area contributed by atoms with Crippen molar-refractivity contribution < 1.29 is 4.79 Å². The van der Waals surface area contributed by atoms with Gasteiger partial charge in [0, 0.05) is 18.1 Å². The van der Waals surface area contributed by atoms with Crippen molar-refractivity contribution in [2.45, 2.75) is 43.8 Å². The summed E-state index contributed by atoms with van der Waals surface area (Å²) in [6.45, 7) is 0. The number of urea groups is 1. The van der Waals surface area contributed by atoms with Crippen molar-refractivity contribution in [1.29, 1.82) is 0 Å². The van der Waals surface area contributed by atoms with E-state index in [1.807, 2.05) is 0 Å². The van der Waals surface area contributed by atoms with Crippen LogP contribution in [0.3, 0.4) is 0 Å². The van der Waals surface area contributed by atoms with Crippen LogP contribution in [-0.2, 0) is 0 Å². The van der Waals surface area contributed by atoms with Gasteiger partial charge in [0.25, 0.3) is 0 Å². The molecule has 0 aliphatic carbocycles. The van der Waals surface area contributed by atoms with Crippen LogP contribution in [0.4, 0.5) is 4.79 Å². The van der Waals surface area contributed by atoms with Crippen LogP contribution in [-0.4, -0.2) is 36.1 Å². The van der Waals surface area contributed by atoms with Gasteiger partial charge in [-0.15, -0.1) is 0 Å². The molecule has 2 amide bonds. The van der Waals surface area contributed by atoms with Gasteiger partial charge in [0.2, 0.25) is 0 Å². The standard InChI is InChI=1S/C9H16N3O/c1-12-7-2-3-8(12)5-6(4-7)11-9(10)13/h6-8,10H,2-5H2,1H3,(H,11,13). The minimum atomic E-state index is -0.631. The predicted molar refractivity (Wildman–Crippen MR) is 49.2 cm³/mol. The number of nitrogens with zero attached hydrogens (tertiary/aromatic N) is 1. The van der Waals surface area contributed by atoms with Gasteiger partial charge >= 0.3 is 6.03 Å². The lowest BCUT2D eigenvalue weighted by Gasteiger charge is -2.36. The summed E-state index contributed by atoms with van der Waals surface area (Å²) in [5.74, 6) is 0. The number of piperidine rings is 1. The Hall–Kier alpha value is -0.770. The molecule has 2 fully saturated rings. The summed E-state index contributed by atoms with van der Waals surface area (Å²) in [5, 5.41) is 2.70. The zero-order valence-electron chi connectivity index (χ0n) is 7.92. The van der Waals surface area contributed by atoms with Crippen LogP contribution in [0.25, 0.3) is 0 Å². The molecular weight excluding hydrogens is 166 g/mol. The minimum Gasteiger partial charge on any atom is -0.334 e. The first kappa shape index (κ1) is 8.81. The summed E-state index contributed by atoms with van der Waals surface area (Å²) in [4.78, 5) is 13.0. The average Bonchev–Trinajstić information content (AvgIpc) is 2.33. The van der Waals surface area contributed by atoms with E-state index < -0.39 is 6.03 Å². The smallest absolute Gasteiger partial charge is 0.333 e. The highest BCUT2D eigenvalue weighted by atomic mass is 16.2. The summed E-state index contributed by atoms with van der Waals surface area (Å²) in [5.41, 5.74) is 6.85. The topological polar surface area (TPSA) is 56.1 Å². The third-order valence-corrected chi connectivity index (χ3v) is 3.43. The van der Waals surface area contributed by atoms with Gasteiger partial charge in [-0.1, -0.05) is 0 Å². The Kier molecular flexibility index (Phi) is 2.15. The molecule has 2 aliphatic heterocycles. The number of hydrogen-bond donors (Lipinski definition) is 1. The molecule has 2 aliphatic rings. The second-order valence-corrected chi connectivity index (χ2v) is 4.19. The molecule has 2 unspecified atom stereocenters. The highest BCUT2D eigenvalue weighted by Gasteiger charge is 2.38. The fourth-order valence-corrected chi connectivity index (χ4v) is 2.71. The fraction of sp³-hybridized carbons (Fsp3) is 0.889. The van der Waals surface area contributed by atoms with Gasteiger partial charge in [-0.05, 0) is 32.7 Å². The third kappa shape index (κ3) is 1.63. The molecule has 2 atom stereocenters. The first-order valence-corrected chi connectivity index (χ1v) is 4.91. The molecule has 2 saturated heterocycles. The molecule has 0 saturated carbocycles. The Bertz CT molecular complexity index is 205. The van der Waals surface area contributed by atoms with Crippen molar-refractivity contribution >= 4 is 6.03 Å². The van der Waals surface area contributed by atoms with Crippen LogP contribution < -0.4 is 11.1 Å². The lowest BCUT2D eigenvalue weighted by atomic mass is 9.98. The monoisotopic (exact) mass is 182 g/mol. The molecule has 2 heterocycles. The molecule has 4 heteroatoms. The maximum atomic E-state index is 10.6. The van der Waals surface area contributed by atoms with Crippen molar-refractivity contribution in [3.63, 3.8) is 0 Å². The third-order valence-electron chi connectivity index (χ3n) is 3.43. The highest BCUT2D eigenvalue weighted by Crippen LogP contribution is 2.33. The molecule has 0 aromatic carbocycles. The summed E-state index contributed by atoms with van der Waals surface area (Å²) in [6.07, 6.45) is 4.56. The maximum Gasteiger partial charge on any atom is 0.333 e. The van der Waals surface area contributed by atoms with Gasteiger partial charge in [0.15, 0.2) is 0 Å². The summed E-state index contributed by atoms with van der Waals surface area (Å²) in [7, 11) is 2.17. The number of hydrogen-bond acceptors (Lipinski definition) is 2. The predicted octanol–water partition coefficient (Wildman–Crippen LogP) is 0.604. The number of amides is 2. The first-order valence-electron chi connectivity index (χ1n) is 4.91. The lowest BCUT2D eigenvalue weighted by Crippen LogP contribution is -2.48. The van der Waals surface area contributed by atoms with Crippen LogP contribution in [0.15, 0.2) is 0 Å². The molecule has 2 N–H and O–H groups in total. The van der Waals surface area contributed by atoms with Crippen LogP contribution in [0.2, 0.25) is 0 Å². The van der Waals surface area contributed by atoms with Crippen molar-refractivity contribution in [1.82, 2.24) is 16.0 Å². The van der Waals surface area contributed by atoms with Gasteiger partial charge in [-0.25, -0.2) is 10.5 Å². The van der Waals surface area contributed by atoms with E-state index in [-0.39, 0.29) is 6.04 Å². The van der Waals surface area contributed by atoms with Crippen molar-refractivity contribution in [3.05, 3.63) is 0 Å². The quantitative estimate of drug-likeness (QED) is 0.645. The normalized spacial score (nSPS) is 39.0. The molecule has 2 bridgehead atoms. The summed E-state index contributed by atoms with van der Waals surface area (Å²) >= 11 is 0. The Balaban J connectivity index is 1.95. The maximum absolute atomic E-state index is 10.6. The second kappa shape index (κ2) is 3.18. The van der Waals surface area contributed by atoms with Crippen LogP contribution >= 0.6 is 0 Å². The zero-order valence-corrected chi connectivity index (χ0v) is 7.92. The van der Waals surface area contributed by atoms with Gasteiger partial charge < -0.3 is 10.2 Å². The second-order valence-electron chi connectivity index (χ2n) is 4.19. The van der Waals surface area contributed by atoms with E-state index in [4.69, 9.17) is 5.73 Å². The van der Waals surface area contributed by atoms with Crippen molar-refractivity contribution in [2.75, 3.05) is 7.05 Å². The molecule has 0 spiro atoms. The number of carbonyl (C=O) groups excluding carboxylic acids is 1. The Morgan fingerprint density at radius 1 is 1.38 bits per heavy atom. The van der Waals surface area contributed by atoms with Crippen molar-refractivity contribution in [2.24, 2.45) is 0 Å². The van der Waals surface area contributed by atoms with Crippen LogP contribution in [0.1, 0.15) is 25.7 Å². The van der Waals surface area contributed by atoms with Crippen LogP contribution in [0, 0.1) is 0 Å². The molecule has 2 rings (SSSR count). The Morgan fingerprint density at radius 2 is 1.92 bits per heavy atom. The fourth-order valence-electron chi connectivity index (χ4n) is 2.71. The lowest BCUT2D eigenvalue weighted by molar-refractivity contribution is 0.150. The molecule has 0 aromatic heterocycles. The zero-order chi connectivity index (χ0) is 9.42. The van der Waals surface area contributed by atoms with Crippen LogP contribution in [0.5, 0.6) is 0 Å². The molecule has 1 radical (unpaired) electrons. The Labute approximate surface area is 78.5 Å². The molecule has 13 heavy (non-hydrogen) atoms. The van der Waals surface area contributed by atoms with Gasteiger partial charge in [0.1, 0.15) is 0 Å². The van der Waals surface area contributed by atoms with E-state index in [1.165, 1.54) is 12.8 Å². The number of carbonyl (C=O) groups is 1. The number of rotatable bonds is 1. The van der Waals surface area contributed by atoms with E-state index in [0.717, 1.165) is 12.8 Å². The minimum absolute atomic E-state index is 0.249. The molecule has 73 valence electrons. The number of fused-ring (bicyclic) bond motifs is 2. The van der Waals surface area contributed by atoms with Crippen molar-refractivity contribution in [3.8, 4) is 0 Å². The highest BCUT2D eigenvalue weighted by molar-refractivity contribution is 5.71. The van der Waals surface area contributed by atoms with Gasteiger partial charge in [-0.3, -0.25) is 0 Å². The van der Waals surface area contributed by atoms with E-state index in [9.17, 15) is 4.79 Å². The Morgan fingerprint density at radius 3 is 2.38 bits per heavy atom. The summed E-state index contributed by atoms with van der Waals surface area (Å²) < 4.78 is 0. The molecular formula is C9H16N3O. The first-order chi connectivity index (χ1) is 6.16. The van der Waals surface area contributed by atoms with E-state index >= 15 is 0 Å². The van der Waals surface area contributed by atoms with Gasteiger partial charge in [-0.2, -0.15) is 0 Å². The number of nitrogens with one attached hydrogen (secondary N) is 2. The largest absolute Gasteiger partial charge is 0.334 e. The summed E-state index contributed by atoms with van der Waals surface area (Å²) in [6, 6.07) is 0.888. The van der Waals surface area contributed by atoms with E-state index in [0.29, 0.717) is 12.1 Å². The van der Waals surface area contributed by atoms with E-state index in [2.05, 4.69) is 17.3 Å². The average molecular weight is 182 g/mol. The SMILES string of the molecule is CN1C2CCC1CC(NC([NH])=O)C2.